The minimum Gasteiger partial charge on any atom is -0.392 e. The highest BCUT2D eigenvalue weighted by Gasteiger charge is 2.48. The summed E-state index contributed by atoms with van der Waals surface area (Å²) >= 11 is 0. The number of amides is 1. The maximum Gasteiger partial charge on any atom is 0.223 e. The second kappa shape index (κ2) is 4.00. The van der Waals surface area contributed by atoms with E-state index in [2.05, 4.69) is 10.6 Å². The Hall–Kier alpha value is -0.610. The summed E-state index contributed by atoms with van der Waals surface area (Å²) in [5, 5.41) is 15.8. The molecule has 1 saturated carbocycles. The molecule has 4 nitrogen and oxygen atoms in total. The summed E-state index contributed by atoms with van der Waals surface area (Å²) in [6, 6.07) is 0.130. The number of hydrogen-bond donors (Lipinski definition) is 3. The van der Waals surface area contributed by atoms with Crippen LogP contribution in [0.1, 0.15) is 27.2 Å². The van der Waals surface area contributed by atoms with Crippen molar-refractivity contribution < 1.29 is 9.90 Å². The van der Waals surface area contributed by atoms with Crippen LogP contribution in [0.5, 0.6) is 0 Å². The topological polar surface area (TPSA) is 61.4 Å². The lowest BCUT2D eigenvalue weighted by Gasteiger charge is -2.50. The number of hydrogen-bond acceptors (Lipinski definition) is 3. The van der Waals surface area contributed by atoms with Crippen molar-refractivity contribution in [3.63, 3.8) is 0 Å². The Morgan fingerprint density at radius 1 is 1.50 bits per heavy atom. The molecule has 0 aromatic heterocycles. The molecule has 2 fully saturated rings. The van der Waals surface area contributed by atoms with Crippen molar-refractivity contribution in [1.29, 1.82) is 0 Å². The standard InChI is InChI=1S/C12H22N2O2/c1-7(8-5-13-6-8)11(16)14-9-4-10(15)12(9,2)3/h7-10,13,15H,4-6H2,1-3H3,(H,14,16). The second-order valence-corrected chi connectivity index (χ2v) is 5.84. The van der Waals surface area contributed by atoms with Crippen molar-refractivity contribution >= 4 is 5.91 Å². The van der Waals surface area contributed by atoms with E-state index in [-0.39, 0.29) is 29.4 Å². The van der Waals surface area contributed by atoms with E-state index in [0.29, 0.717) is 12.3 Å². The highest BCUT2D eigenvalue weighted by molar-refractivity contribution is 5.79. The fourth-order valence-corrected chi connectivity index (χ4v) is 2.33. The van der Waals surface area contributed by atoms with Crippen LogP contribution in [0.4, 0.5) is 0 Å². The normalized spacial score (nSPS) is 34.8. The predicted octanol–water partition coefficient (Wildman–Crippen LogP) is 0.118. The molecule has 1 aliphatic carbocycles. The number of nitrogens with one attached hydrogen (secondary N) is 2. The fraction of sp³-hybridized carbons (Fsp3) is 0.917. The maximum absolute atomic E-state index is 12.0. The highest BCUT2D eigenvalue weighted by Crippen LogP contribution is 2.40. The number of carbonyl (C=O) groups excluding carboxylic acids is 1. The number of aliphatic hydroxyl groups is 1. The van der Waals surface area contributed by atoms with E-state index in [4.69, 9.17) is 0 Å². The van der Waals surface area contributed by atoms with Gasteiger partial charge in [0.15, 0.2) is 0 Å². The zero-order valence-corrected chi connectivity index (χ0v) is 10.3. The van der Waals surface area contributed by atoms with Gasteiger partial charge in [0.25, 0.3) is 0 Å². The third-order valence-electron chi connectivity index (χ3n) is 4.47. The van der Waals surface area contributed by atoms with Gasteiger partial charge in [0, 0.05) is 17.4 Å². The first-order valence-corrected chi connectivity index (χ1v) is 6.12. The molecule has 1 amide bonds. The van der Waals surface area contributed by atoms with Gasteiger partial charge >= 0.3 is 0 Å². The Labute approximate surface area is 96.8 Å². The van der Waals surface area contributed by atoms with Crippen LogP contribution in [0.15, 0.2) is 0 Å². The van der Waals surface area contributed by atoms with Crippen LogP contribution in [-0.2, 0) is 4.79 Å². The van der Waals surface area contributed by atoms with Gasteiger partial charge in [0.2, 0.25) is 5.91 Å². The number of carbonyl (C=O) groups is 1. The summed E-state index contributed by atoms with van der Waals surface area (Å²) in [6.45, 7) is 7.89. The van der Waals surface area contributed by atoms with Gasteiger partial charge in [-0.05, 0) is 25.4 Å². The SMILES string of the molecule is CC(C(=O)NC1CC(O)C1(C)C)C1CNC1. The van der Waals surface area contributed by atoms with Crippen LogP contribution in [0.25, 0.3) is 0 Å². The largest absolute Gasteiger partial charge is 0.392 e. The highest BCUT2D eigenvalue weighted by atomic mass is 16.3. The average Bonchev–Trinajstić information content (AvgIpc) is 2.14. The minimum absolute atomic E-state index is 0.0785. The van der Waals surface area contributed by atoms with Gasteiger partial charge in [-0.1, -0.05) is 20.8 Å². The zero-order valence-electron chi connectivity index (χ0n) is 10.3. The van der Waals surface area contributed by atoms with Gasteiger partial charge in [-0.3, -0.25) is 4.79 Å². The van der Waals surface area contributed by atoms with Crippen molar-refractivity contribution in [1.82, 2.24) is 10.6 Å². The molecule has 2 rings (SSSR count). The first-order valence-electron chi connectivity index (χ1n) is 6.12. The first kappa shape index (κ1) is 11.9. The molecule has 3 N–H and O–H groups in total. The van der Waals surface area contributed by atoms with Crippen molar-refractivity contribution in [3.05, 3.63) is 0 Å². The van der Waals surface area contributed by atoms with Crippen LogP contribution in [-0.4, -0.2) is 36.2 Å². The molecular formula is C12H22N2O2. The molecule has 0 bridgehead atoms. The first-order chi connectivity index (χ1) is 7.43. The molecule has 0 aromatic carbocycles. The van der Waals surface area contributed by atoms with E-state index in [9.17, 15) is 9.90 Å². The van der Waals surface area contributed by atoms with Crippen molar-refractivity contribution in [2.45, 2.75) is 39.3 Å². The Kier molecular flexibility index (Phi) is 2.97. The van der Waals surface area contributed by atoms with E-state index in [1.165, 1.54) is 0 Å². The average molecular weight is 226 g/mol. The minimum atomic E-state index is -0.279. The lowest BCUT2D eigenvalue weighted by Crippen LogP contribution is -2.62. The van der Waals surface area contributed by atoms with Crippen LogP contribution >= 0.6 is 0 Å². The van der Waals surface area contributed by atoms with Crippen molar-refractivity contribution in [3.8, 4) is 0 Å². The smallest absolute Gasteiger partial charge is 0.223 e. The number of rotatable bonds is 3. The molecule has 0 aromatic rings. The third kappa shape index (κ3) is 1.84. The van der Waals surface area contributed by atoms with Crippen LogP contribution in [0.2, 0.25) is 0 Å². The van der Waals surface area contributed by atoms with Crippen molar-refractivity contribution in [2.75, 3.05) is 13.1 Å². The molecule has 1 heterocycles. The Balaban J connectivity index is 1.83. The van der Waals surface area contributed by atoms with E-state index < -0.39 is 0 Å². The molecule has 16 heavy (non-hydrogen) atoms. The third-order valence-corrected chi connectivity index (χ3v) is 4.47. The molecule has 0 radical (unpaired) electrons. The molecule has 92 valence electrons. The summed E-state index contributed by atoms with van der Waals surface area (Å²) in [5.74, 6) is 0.694. The van der Waals surface area contributed by atoms with Crippen molar-refractivity contribution in [2.24, 2.45) is 17.3 Å². The lowest BCUT2D eigenvalue weighted by atomic mass is 9.64. The predicted molar refractivity (Wildman–Crippen MR) is 61.9 cm³/mol. The molecule has 2 aliphatic rings. The van der Waals surface area contributed by atoms with Gasteiger partial charge in [0.05, 0.1) is 6.10 Å². The molecule has 3 unspecified atom stereocenters. The van der Waals surface area contributed by atoms with E-state index in [0.717, 1.165) is 13.1 Å². The summed E-state index contributed by atoms with van der Waals surface area (Å²) in [4.78, 5) is 12.0. The van der Waals surface area contributed by atoms with E-state index >= 15 is 0 Å². The summed E-state index contributed by atoms with van der Waals surface area (Å²) in [5.41, 5.74) is -0.173. The van der Waals surface area contributed by atoms with Gasteiger partial charge < -0.3 is 15.7 Å². The Bertz CT molecular complexity index is 287. The summed E-state index contributed by atoms with van der Waals surface area (Å²) in [7, 11) is 0. The Morgan fingerprint density at radius 3 is 2.50 bits per heavy atom. The summed E-state index contributed by atoms with van der Waals surface area (Å²) < 4.78 is 0. The van der Waals surface area contributed by atoms with Crippen LogP contribution in [0.3, 0.4) is 0 Å². The molecule has 4 heteroatoms. The maximum atomic E-state index is 12.0. The van der Waals surface area contributed by atoms with Gasteiger partial charge in [0.1, 0.15) is 0 Å². The second-order valence-electron chi connectivity index (χ2n) is 5.84. The summed E-state index contributed by atoms with van der Waals surface area (Å²) in [6.07, 6.45) is 0.410. The molecule has 0 spiro atoms. The monoisotopic (exact) mass is 226 g/mol. The van der Waals surface area contributed by atoms with Gasteiger partial charge in [-0.15, -0.1) is 0 Å². The number of aliphatic hydroxyl groups excluding tert-OH is 1. The quantitative estimate of drug-likeness (QED) is 0.640. The molecular weight excluding hydrogens is 204 g/mol. The molecule has 3 atom stereocenters. The zero-order chi connectivity index (χ0) is 11.9. The van der Waals surface area contributed by atoms with Gasteiger partial charge in [-0.25, -0.2) is 0 Å². The van der Waals surface area contributed by atoms with Crippen LogP contribution in [0, 0.1) is 17.3 Å². The van der Waals surface area contributed by atoms with E-state index in [1.54, 1.807) is 0 Å². The van der Waals surface area contributed by atoms with Crippen LogP contribution < -0.4 is 10.6 Å². The Morgan fingerprint density at radius 2 is 2.12 bits per heavy atom. The lowest BCUT2D eigenvalue weighted by molar-refractivity contribution is -0.134. The van der Waals surface area contributed by atoms with Gasteiger partial charge in [-0.2, -0.15) is 0 Å². The fourth-order valence-electron chi connectivity index (χ4n) is 2.33. The van der Waals surface area contributed by atoms with E-state index in [1.807, 2.05) is 20.8 Å². The molecule has 1 aliphatic heterocycles. The molecule has 1 saturated heterocycles.